The number of halogens is 1. The van der Waals surface area contributed by atoms with Crippen LogP contribution in [0, 0.1) is 5.41 Å². The second-order valence-corrected chi connectivity index (χ2v) is 7.38. The van der Waals surface area contributed by atoms with E-state index in [9.17, 15) is 4.79 Å². The lowest BCUT2D eigenvalue weighted by Crippen LogP contribution is -2.71. The molecule has 0 radical (unpaired) electrons. The van der Waals surface area contributed by atoms with E-state index in [1.807, 2.05) is 23.1 Å². The van der Waals surface area contributed by atoms with Gasteiger partial charge in [0.05, 0.1) is 7.11 Å². The van der Waals surface area contributed by atoms with Crippen molar-refractivity contribution in [2.24, 2.45) is 11.1 Å². The minimum atomic E-state index is -1.16. The monoisotopic (exact) mass is 388 g/mol. The number of rotatable bonds is 2. The summed E-state index contributed by atoms with van der Waals surface area (Å²) in [6.45, 7) is 1.24. The fourth-order valence-electron chi connectivity index (χ4n) is 3.99. The average molecular weight is 389 g/mol. The highest BCUT2D eigenvalue weighted by Gasteiger charge is 2.66. The van der Waals surface area contributed by atoms with Gasteiger partial charge in [-0.25, -0.2) is 14.8 Å². The predicted molar refractivity (Wildman–Crippen MR) is 92.4 cm³/mol. The van der Waals surface area contributed by atoms with Crippen LogP contribution in [0.2, 0.25) is 0 Å². The first-order valence-corrected chi connectivity index (χ1v) is 8.48. The van der Waals surface area contributed by atoms with Crippen LogP contribution in [0.4, 0.5) is 5.95 Å². The number of methoxy groups -OCH3 is 1. The van der Waals surface area contributed by atoms with Crippen LogP contribution in [0.15, 0.2) is 41.1 Å². The summed E-state index contributed by atoms with van der Waals surface area (Å²) in [5.41, 5.74) is 7.09. The van der Waals surface area contributed by atoms with Crippen molar-refractivity contribution in [3.8, 4) is 0 Å². The number of anilines is 1. The highest BCUT2D eigenvalue weighted by atomic mass is 79.9. The van der Waals surface area contributed by atoms with Gasteiger partial charge in [0.2, 0.25) is 5.95 Å². The van der Waals surface area contributed by atoms with Gasteiger partial charge in [-0.05, 0) is 35.7 Å². The molecule has 1 aliphatic carbocycles. The number of hydrogen-bond donors (Lipinski definition) is 1. The molecular weight excluding hydrogens is 372 g/mol. The standard InChI is InChI=1S/C17H17BrN4O2/c1-24-14(23)17(19)13-7-12(18)4-3-11(13)8-16(17)9-22(10-16)15-20-5-2-6-21-15/h2-7H,8-10,19H2,1H3. The minimum absolute atomic E-state index is 0.395. The van der Waals surface area contributed by atoms with E-state index < -0.39 is 16.9 Å². The van der Waals surface area contributed by atoms with Crippen molar-refractivity contribution in [1.29, 1.82) is 0 Å². The van der Waals surface area contributed by atoms with Crippen LogP contribution < -0.4 is 10.6 Å². The highest BCUT2D eigenvalue weighted by Crippen LogP contribution is 2.55. The van der Waals surface area contributed by atoms with Crippen LogP contribution in [-0.4, -0.2) is 36.1 Å². The molecule has 1 saturated heterocycles. The van der Waals surface area contributed by atoms with Gasteiger partial charge in [-0.1, -0.05) is 22.0 Å². The minimum Gasteiger partial charge on any atom is -0.467 e. The Bertz CT molecular complexity index is 807. The molecule has 24 heavy (non-hydrogen) atoms. The number of carbonyl (C=O) groups excluding carboxylic acids is 1. The molecule has 0 saturated carbocycles. The summed E-state index contributed by atoms with van der Waals surface area (Å²) in [6, 6.07) is 7.72. The largest absolute Gasteiger partial charge is 0.467 e. The lowest BCUT2D eigenvalue weighted by atomic mass is 9.65. The number of carbonyl (C=O) groups is 1. The van der Waals surface area contributed by atoms with Crippen molar-refractivity contribution < 1.29 is 9.53 Å². The third-order valence-corrected chi connectivity index (χ3v) is 5.68. The topological polar surface area (TPSA) is 81.3 Å². The smallest absolute Gasteiger partial charge is 0.331 e. The summed E-state index contributed by atoms with van der Waals surface area (Å²) < 4.78 is 5.98. The molecule has 1 fully saturated rings. The first-order valence-electron chi connectivity index (χ1n) is 7.68. The van der Waals surface area contributed by atoms with Crippen molar-refractivity contribution in [3.63, 3.8) is 0 Å². The van der Waals surface area contributed by atoms with Crippen LogP contribution in [0.5, 0.6) is 0 Å². The van der Waals surface area contributed by atoms with E-state index in [2.05, 4.69) is 25.9 Å². The van der Waals surface area contributed by atoms with Gasteiger partial charge in [-0.15, -0.1) is 0 Å². The molecule has 1 aromatic carbocycles. The molecule has 4 rings (SSSR count). The molecule has 2 N–H and O–H groups in total. The fraction of sp³-hybridized carbons (Fsp3) is 0.353. The van der Waals surface area contributed by atoms with E-state index in [0.29, 0.717) is 19.0 Å². The molecule has 1 spiro atoms. The van der Waals surface area contributed by atoms with Crippen LogP contribution in [0.3, 0.4) is 0 Å². The number of nitrogens with zero attached hydrogens (tertiary/aromatic N) is 3. The van der Waals surface area contributed by atoms with Gasteiger partial charge in [0.15, 0.2) is 0 Å². The molecule has 6 nitrogen and oxygen atoms in total. The van der Waals surface area contributed by atoms with Gasteiger partial charge < -0.3 is 15.4 Å². The van der Waals surface area contributed by atoms with E-state index in [4.69, 9.17) is 10.5 Å². The second kappa shape index (κ2) is 5.26. The maximum atomic E-state index is 12.6. The third kappa shape index (κ3) is 1.94. The maximum Gasteiger partial charge on any atom is 0.331 e. The quantitative estimate of drug-likeness (QED) is 0.787. The van der Waals surface area contributed by atoms with Gasteiger partial charge in [-0.2, -0.15) is 0 Å². The first kappa shape index (κ1) is 15.5. The third-order valence-electron chi connectivity index (χ3n) is 5.19. The van der Waals surface area contributed by atoms with Crippen molar-refractivity contribution in [1.82, 2.24) is 9.97 Å². The summed E-state index contributed by atoms with van der Waals surface area (Å²) in [5, 5.41) is 0. The lowest BCUT2D eigenvalue weighted by molar-refractivity contribution is -0.154. The highest BCUT2D eigenvalue weighted by molar-refractivity contribution is 9.10. The molecule has 1 aliphatic heterocycles. The number of hydrogen-bond acceptors (Lipinski definition) is 6. The maximum absolute atomic E-state index is 12.6. The molecule has 1 unspecified atom stereocenters. The van der Waals surface area contributed by atoms with Crippen molar-refractivity contribution in [2.45, 2.75) is 12.0 Å². The zero-order valence-corrected chi connectivity index (χ0v) is 14.8. The normalized spacial score (nSPS) is 23.7. The zero-order chi connectivity index (χ0) is 16.9. The van der Waals surface area contributed by atoms with E-state index in [1.54, 1.807) is 18.5 Å². The van der Waals surface area contributed by atoms with Crippen LogP contribution in [-0.2, 0) is 21.5 Å². The predicted octanol–water partition coefficient (Wildman–Crippen LogP) is 1.63. The van der Waals surface area contributed by atoms with Gasteiger partial charge in [-0.3, -0.25) is 0 Å². The summed E-state index contributed by atoms with van der Waals surface area (Å²) in [7, 11) is 1.39. The summed E-state index contributed by atoms with van der Waals surface area (Å²) >= 11 is 3.48. The Balaban J connectivity index is 1.73. The van der Waals surface area contributed by atoms with Crippen molar-refractivity contribution in [2.75, 3.05) is 25.1 Å². The van der Waals surface area contributed by atoms with Crippen molar-refractivity contribution in [3.05, 3.63) is 52.3 Å². The second-order valence-electron chi connectivity index (χ2n) is 6.46. The molecule has 124 valence electrons. The average Bonchev–Trinajstić information content (AvgIpc) is 2.84. The Morgan fingerprint density at radius 1 is 1.33 bits per heavy atom. The molecule has 2 aromatic rings. The molecular formula is C17H17BrN4O2. The molecule has 1 aromatic heterocycles. The Labute approximate surface area is 148 Å². The van der Waals surface area contributed by atoms with Crippen LogP contribution in [0.1, 0.15) is 11.1 Å². The summed E-state index contributed by atoms with van der Waals surface area (Å²) in [6.07, 6.45) is 4.16. The molecule has 0 amide bonds. The van der Waals surface area contributed by atoms with E-state index >= 15 is 0 Å². The number of nitrogens with two attached hydrogens (primary N) is 1. The number of esters is 1. The molecule has 0 bridgehead atoms. The lowest BCUT2D eigenvalue weighted by Gasteiger charge is -2.54. The van der Waals surface area contributed by atoms with Crippen molar-refractivity contribution >= 4 is 27.8 Å². The van der Waals surface area contributed by atoms with Crippen LogP contribution >= 0.6 is 15.9 Å². The molecule has 2 heterocycles. The molecule has 1 atom stereocenters. The number of benzene rings is 1. The van der Waals surface area contributed by atoms with Gasteiger partial charge >= 0.3 is 5.97 Å². The molecule has 7 heteroatoms. The van der Waals surface area contributed by atoms with Crippen LogP contribution in [0.25, 0.3) is 0 Å². The van der Waals surface area contributed by atoms with Gasteiger partial charge in [0.25, 0.3) is 0 Å². The van der Waals surface area contributed by atoms with E-state index in [0.717, 1.165) is 22.0 Å². The Morgan fingerprint density at radius 2 is 2.04 bits per heavy atom. The van der Waals surface area contributed by atoms with Gasteiger partial charge in [0, 0.05) is 35.4 Å². The number of ether oxygens (including phenoxy) is 1. The Morgan fingerprint density at radius 3 is 2.71 bits per heavy atom. The summed E-state index contributed by atoms with van der Waals surface area (Å²) in [5.74, 6) is 0.264. The van der Waals surface area contributed by atoms with Gasteiger partial charge in [0.1, 0.15) is 5.54 Å². The Hall–Kier alpha value is -1.99. The SMILES string of the molecule is COC(=O)C1(N)c2cc(Br)ccc2CC12CN(c1ncccn1)C2. The first-order chi connectivity index (χ1) is 11.5. The van der Waals surface area contributed by atoms with E-state index in [-0.39, 0.29) is 0 Å². The zero-order valence-electron chi connectivity index (χ0n) is 13.2. The molecule has 2 aliphatic rings. The fourth-order valence-corrected chi connectivity index (χ4v) is 4.35. The number of fused-ring (bicyclic) bond motifs is 1. The summed E-state index contributed by atoms with van der Waals surface area (Å²) in [4.78, 5) is 23.3. The number of aromatic nitrogens is 2. The Kier molecular flexibility index (Phi) is 3.40. The van der Waals surface area contributed by atoms with E-state index in [1.165, 1.54) is 7.11 Å².